The zero-order chi connectivity index (χ0) is 56.5. The van der Waals surface area contributed by atoms with Crippen LogP contribution in [0.1, 0.15) is 90.1 Å². The van der Waals surface area contributed by atoms with Crippen LogP contribution >= 0.6 is 0 Å². The van der Waals surface area contributed by atoms with E-state index in [1.54, 1.807) is 0 Å². The first-order valence-electron chi connectivity index (χ1n) is 28.6. The molecular weight excluding hydrogens is 977 g/mol. The minimum Gasteiger partial charge on any atom is -0.310 e. The monoisotopic (exact) mass is 1050 g/mol. The Morgan fingerprint density at radius 1 is 0.346 bits per heavy atom. The lowest BCUT2D eigenvalue weighted by Gasteiger charge is -2.32. The maximum Gasteiger partial charge on any atom is 0.0543 e. The first-order valence-corrected chi connectivity index (χ1v) is 28.6. The number of allylic oxidation sites excluding steroid dienone is 4. The van der Waals surface area contributed by atoms with Gasteiger partial charge in [0.2, 0.25) is 0 Å². The van der Waals surface area contributed by atoms with Crippen LogP contribution in [0.2, 0.25) is 0 Å². The molecule has 0 heterocycles. The van der Waals surface area contributed by atoms with Crippen molar-refractivity contribution in [3.8, 4) is 44.5 Å². The van der Waals surface area contributed by atoms with Crippen molar-refractivity contribution in [2.45, 2.75) is 85.0 Å². The molecule has 2 nitrogen and oxygen atoms in total. The highest BCUT2D eigenvalue weighted by atomic mass is 15.2. The van der Waals surface area contributed by atoms with Crippen LogP contribution in [0.25, 0.3) is 61.4 Å². The van der Waals surface area contributed by atoms with Crippen molar-refractivity contribution >= 4 is 45.3 Å². The van der Waals surface area contributed by atoms with Crippen molar-refractivity contribution in [3.63, 3.8) is 0 Å². The van der Waals surface area contributed by atoms with Crippen LogP contribution in [0.4, 0.5) is 28.4 Å². The summed E-state index contributed by atoms with van der Waals surface area (Å²) < 4.78 is 0. The lowest BCUT2D eigenvalue weighted by Crippen LogP contribution is -2.19. The van der Waals surface area contributed by atoms with Gasteiger partial charge in [0.1, 0.15) is 0 Å². The first kappa shape index (κ1) is 54.0. The first-order chi connectivity index (χ1) is 39.0. The van der Waals surface area contributed by atoms with Crippen molar-refractivity contribution in [2.24, 2.45) is 0 Å². The van der Waals surface area contributed by atoms with E-state index in [1.807, 2.05) is 0 Å². The van der Waals surface area contributed by atoms with Gasteiger partial charge in [-0.2, -0.15) is 0 Å². The predicted molar refractivity (Wildman–Crippen MR) is 351 cm³/mol. The van der Waals surface area contributed by atoms with Crippen LogP contribution in [-0.4, -0.2) is 0 Å². The molecule has 0 radical (unpaired) electrons. The fraction of sp³-hybridized carbons (Fsp3) is 0.165. The number of hydrogen-bond donors (Lipinski definition) is 0. The molecule has 10 aromatic rings. The standard InChI is InChI=1S/C79H74N2/c1-55-20-14-11-19-25-64-52-76(81(71-49-40-66(41-50-71)78(5,6)7)69-45-36-63(37-46-69)61-32-28-59(29-33-61)57-23-17-13-18-24-57)72-51-42-67(79(8,9)10)53-74(72)73(64)54-75(55)80(70-47-38-65(39-48-70)77(2,3)4)68-43-34-62(35-44-68)60-30-26-58(27-31-60)56-21-15-12-16-22-56/h11-24,26-54H,1,25H2,2-10H3/b19-11-,20-14-,75-54?. The number of nitrogens with zero attached hydrogens (tertiary/aromatic N) is 2. The summed E-state index contributed by atoms with van der Waals surface area (Å²) in [5, 5.41) is 2.37. The fourth-order valence-electron chi connectivity index (χ4n) is 11.1. The number of fused-ring (bicyclic) bond motifs is 3. The molecule has 11 rings (SSSR count). The zero-order valence-corrected chi connectivity index (χ0v) is 48.6. The third kappa shape index (κ3) is 11.7. The fourth-order valence-corrected chi connectivity index (χ4v) is 11.1. The van der Waals surface area contributed by atoms with Gasteiger partial charge in [0.15, 0.2) is 0 Å². The Labute approximate surface area is 482 Å². The van der Waals surface area contributed by atoms with Gasteiger partial charge < -0.3 is 9.80 Å². The Morgan fingerprint density at radius 2 is 0.704 bits per heavy atom. The Balaban J connectivity index is 1.09. The summed E-state index contributed by atoms with van der Waals surface area (Å²) in [5.41, 5.74) is 23.1. The molecule has 10 aromatic carbocycles. The van der Waals surface area contributed by atoms with Gasteiger partial charge in [0, 0.05) is 28.1 Å². The molecule has 0 saturated carbocycles. The van der Waals surface area contributed by atoms with E-state index < -0.39 is 0 Å². The van der Waals surface area contributed by atoms with Crippen LogP contribution < -0.4 is 9.80 Å². The van der Waals surface area contributed by atoms with Crippen molar-refractivity contribution < 1.29 is 0 Å². The number of rotatable bonds is 10. The molecule has 0 atom stereocenters. The van der Waals surface area contributed by atoms with Crippen LogP contribution in [0.5, 0.6) is 0 Å². The third-order valence-electron chi connectivity index (χ3n) is 16.0. The summed E-state index contributed by atoms with van der Waals surface area (Å²) in [6.45, 7) is 25.5. The van der Waals surface area contributed by atoms with Crippen molar-refractivity contribution in [1.29, 1.82) is 0 Å². The van der Waals surface area contributed by atoms with E-state index in [4.69, 9.17) is 6.58 Å². The molecule has 2 heteroatoms. The number of hydrogen-bond acceptors (Lipinski definition) is 2. The van der Waals surface area contributed by atoms with Gasteiger partial charge in [-0.1, -0.05) is 263 Å². The lowest BCUT2D eigenvalue weighted by atomic mass is 9.83. The molecule has 1 aliphatic carbocycles. The summed E-state index contributed by atoms with van der Waals surface area (Å²) >= 11 is 0. The minimum absolute atomic E-state index is 0.00458. The summed E-state index contributed by atoms with van der Waals surface area (Å²) in [4.78, 5) is 4.88. The normalized spacial score (nSPS) is 13.7. The molecule has 0 N–H and O–H groups in total. The van der Waals surface area contributed by atoms with E-state index in [0.29, 0.717) is 0 Å². The smallest absolute Gasteiger partial charge is 0.0543 e. The molecule has 0 saturated heterocycles. The summed E-state index contributed by atoms with van der Waals surface area (Å²) in [6.07, 6.45) is 11.9. The quantitative estimate of drug-likeness (QED) is 0.135. The highest BCUT2D eigenvalue weighted by Gasteiger charge is 2.26. The van der Waals surface area contributed by atoms with Gasteiger partial charge in [-0.05, 0) is 173 Å². The molecule has 81 heavy (non-hydrogen) atoms. The lowest BCUT2D eigenvalue weighted by molar-refractivity contribution is 0.590. The molecule has 0 amide bonds. The molecule has 0 aliphatic heterocycles. The van der Waals surface area contributed by atoms with E-state index in [-0.39, 0.29) is 16.2 Å². The minimum atomic E-state index is -0.103. The van der Waals surface area contributed by atoms with Gasteiger partial charge in [0.25, 0.3) is 0 Å². The van der Waals surface area contributed by atoms with Crippen molar-refractivity contribution in [1.82, 2.24) is 0 Å². The van der Waals surface area contributed by atoms with Gasteiger partial charge in [0.05, 0.1) is 11.4 Å². The second-order valence-electron chi connectivity index (χ2n) is 24.8. The highest BCUT2D eigenvalue weighted by molar-refractivity contribution is 6.05. The Morgan fingerprint density at radius 3 is 1.11 bits per heavy atom. The third-order valence-corrected chi connectivity index (χ3v) is 16.0. The summed E-state index contributed by atoms with van der Waals surface area (Å²) in [7, 11) is 0. The van der Waals surface area contributed by atoms with E-state index in [1.165, 1.54) is 77.5 Å². The largest absolute Gasteiger partial charge is 0.310 e. The van der Waals surface area contributed by atoms with Gasteiger partial charge >= 0.3 is 0 Å². The zero-order valence-electron chi connectivity index (χ0n) is 48.6. The second kappa shape index (κ2) is 22.3. The molecule has 400 valence electrons. The van der Waals surface area contributed by atoms with Gasteiger partial charge in [-0.25, -0.2) is 0 Å². The van der Waals surface area contributed by atoms with E-state index >= 15 is 0 Å². The Hall–Kier alpha value is -8.98. The predicted octanol–water partition coefficient (Wildman–Crippen LogP) is 22.3. The van der Waals surface area contributed by atoms with E-state index in [2.05, 4.69) is 333 Å². The van der Waals surface area contributed by atoms with Crippen LogP contribution in [0, 0.1) is 0 Å². The van der Waals surface area contributed by atoms with Gasteiger partial charge in [-0.3, -0.25) is 0 Å². The molecular formula is C79H74N2. The van der Waals surface area contributed by atoms with E-state index in [0.717, 1.165) is 51.7 Å². The van der Waals surface area contributed by atoms with Crippen LogP contribution in [0.3, 0.4) is 0 Å². The number of anilines is 5. The highest BCUT2D eigenvalue weighted by Crippen LogP contribution is 2.46. The molecule has 0 bridgehead atoms. The molecule has 0 fully saturated rings. The van der Waals surface area contributed by atoms with E-state index in [9.17, 15) is 0 Å². The summed E-state index contributed by atoms with van der Waals surface area (Å²) in [6, 6.07) is 85.2. The van der Waals surface area contributed by atoms with Crippen molar-refractivity contribution in [2.75, 3.05) is 9.80 Å². The maximum atomic E-state index is 4.86. The van der Waals surface area contributed by atoms with Crippen LogP contribution in [-0.2, 0) is 22.7 Å². The molecule has 1 aliphatic rings. The average molecular weight is 1050 g/mol. The van der Waals surface area contributed by atoms with Crippen LogP contribution in [0.15, 0.2) is 273 Å². The Bertz CT molecular complexity index is 3930. The topological polar surface area (TPSA) is 6.48 Å². The molecule has 0 aromatic heterocycles. The van der Waals surface area contributed by atoms with Crippen molar-refractivity contribution in [3.05, 3.63) is 300 Å². The molecule has 0 spiro atoms. The summed E-state index contributed by atoms with van der Waals surface area (Å²) in [5.74, 6) is 0. The second-order valence-corrected chi connectivity index (χ2v) is 24.8. The average Bonchev–Trinajstić information content (AvgIpc) is 3.56. The maximum absolute atomic E-state index is 4.86. The Kier molecular flexibility index (Phi) is 14.9. The SMILES string of the molecule is C=C1/C=C\C=C/Cc2cc(N(c3ccc(-c4ccc(-c5ccccc5)cc4)cc3)c3ccc(C(C)(C)C)cc3)c3ccc(C(C)(C)C)cc3c2C=C1N(c1ccc(-c2ccc(-c3ccccc3)cc2)cc1)c1ccc(C(C)(C)C)cc1. The number of benzene rings is 10. The van der Waals surface area contributed by atoms with Gasteiger partial charge in [-0.15, -0.1) is 0 Å². The molecule has 0 unspecified atom stereocenters.